The second kappa shape index (κ2) is 4.63. The van der Waals surface area contributed by atoms with Gasteiger partial charge in [-0.05, 0) is 42.4 Å². The van der Waals surface area contributed by atoms with Crippen molar-refractivity contribution in [1.29, 1.82) is 0 Å². The van der Waals surface area contributed by atoms with Crippen molar-refractivity contribution in [2.45, 2.75) is 23.5 Å². The Hall–Kier alpha value is -1.40. The third-order valence-electron chi connectivity index (χ3n) is 1.95. The van der Waals surface area contributed by atoms with Crippen molar-refractivity contribution in [1.82, 2.24) is 15.2 Å². The molecule has 84 valence electrons. The smallest absolute Gasteiger partial charge is 0.213 e. The van der Waals surface area contributed by atoms with E-state index in [1.54, 1.807) is 0 Å². The second-order valence-electron chi connectivity index (χ2n) is 3.30. The minimum absolute atomic E-state index is 0.294. The molecule has 0 unspecified atom stereocenters. The fraction of sp³-hybridized carbons (Fsp3) is 0.200. The van der Waals surface area contributed by atoms with Gasteiger partial charge in [0.05, 0.1) is 0 Å². The molecule has 0 radical (unpaired) electrons. The zero-order valence-electron chi connectivity index (χ0n) is 8.70. The summed E-state index contributed by atoms with van der Waals surface area (Å²) in [5, 5.41) is 7.28. The highest BCUT2D eigenvalue weighted by Crippen LogP contribution is 2.26. The zero-order valence-corrected chi connectivity index (χ0v) is 9.51. The lowest BCUT2D eigenvalue weighted by Crippen LogP contribution is -1.97. The number of rotatable bonds is 3. The van der Waals surface area contributed by atoms with Gasteiger partial charge in [0, 0.05) is 11.4 Å². The van der Waals surface area contributed by atoms with Crippen LogP contribution in [-0.4, -0.2) is 15.2 Å². The lowest BCUT2D eigenvalue weighted by atomic mass is 10.2. The molecule has 0 amide bonds. The topological polar surface area (TPSA) is 67.6 Å². The normalized spacial score (nSPS) is 10.7. The molecule has 0 aliphatic heterocycles. The first kappa shape index (κ1) is 11.1. The van der Waals surface area contributed by atoms with Crippen LogP contribution < -0.4 is 5.73 Å². The first-order chi connectivity index (χ1) is 7.67. The molecule has 0 bridgehead atoms. The van der Waals surface area contributed by atoms with Gasteiger partial charge in [0.15, 0.2) is 0 Å². The van der Waals surface area contributed by atoms with E-state index >= 15 is 0 Å². The standard InChI is InChI=1S/C10H11FN4S/c1-6-13-10(15-14-6)16-9-3-7(5-12)2-8(11)4-9/h2-4H,5,12H2,1H3,(H,13,14,15). The van der Waals surface area contributed by atoms with Gasteiger partial charge in [-0.15, -0.1) is 5.10 Å². The number of nitrogens with zero attached hydrogens (tertiary/aromatic N) is 2. The fourth-order valence-corrected chi connectivity index (χ4v) is 2.14. The molecule has 0 saturated carbocycles. The maximum absolute atomic E-state index is 13.2. The molecule has 0 atom stereocenters. The number of aromatic amines is 1. The summed E-state index contributed by atoms with van der Waals surface area (Å²) in [5.41, 5.74) is 6.23. The van der Waals surface area contributed by atoms with Crippen molar-refractivity contribution in [3.8, 4) is 0 Å². The number of hydrogen-bond acceptors (Lipinski definition) is 4. The van der Waals surface area contributed by atoms with Gasteiger partial charge in [-0.2, -0.15) is 0 Å². The van der Waals surface area contributed by atoms with E-state index in [1.807, 2.05) is 13.0 Å². The molecule has 16 heavy (non-hydrogen) atoms. The highest BCUT2D eigenvalue weighted by Gasteiger charge is 2.05. The van der Waals surface area contributed by atoms with Crippen molar-refractivity contribution in [3.05, 3.63) is 35.4 Å². The van der Waals surface area contributed by atoms with Crippen LogP contribution >= 0.6 is 11.8 Å². The fourth-order valence-electron chi connectivity index (χ4n) is 1.27. The van der Waals surface area contributed by atoms with Crippen LogP contribution in [0.1, 0.15) is 11.4 Å². The van der Waals surface area contributed by atoms with Crippen LogP contribution in [0.5, 0.6) is 0 Å². The number of halogens is 1. The number of nitrogens with two attached hydrogens (primary N) is 1. The van der Waals surface area contributed by atoms with E-state index in [0.717, 1.165) is 16.3 Å². The molecular formula is C10H11FN4S. The van der Waals surface area contributed by atoms with Crippen LogP contribution in [0, 0.1) is 12.7 Å². The molecule has 0 fully saturated rings. The van der Waals surface area contributed by atoms with Crippen molar-refractivity contribution in [2.24, 2.45) is 5.73 Å². The third-order valence-corrected chi connectivity index (χ3v) is 2.79. The van der Waals surface area contributed by atoms with Gasteiger partial charge in [0.25, 0.3) is 0 Å². The molecule has 1 aromatic heterocycles. The van der Waals surface area contributed by atoms with Crippen LogP contribution in [0.2, 0.25) is 0 Å². The van der Waals surface area contributed by atoms with Crippen molar-refractivity contribution in [3.63, 3.8) is 0 Å². The van der Waals surface area contributed by atoms with Crippen LogP contribution in [0.25, 0.3) is 0 Å². The van der Waals surface area contributed by atoms with Crippen molar-refractivity contribution in [2.75, 3.05) is 0 Å². The van der Waals surface area contributed by atoms with E-state index in [4.69, 9.17) is 5.73 Å². The Morgan fingerprint density at radius 2 is 2.25 bits per heavy atom. The number of aryl methyl sites for hydroxylation is 1. The molecule has 3 N–H and O–H groups in total. The summed E-state index contributed by atoms with van der Waals surface area (Å²) < 4.78 is 13.2. The Morgan fingerprint density at radius 3 is 2.88 bits per heavy atom. The largest absolute Gasteiger partial charge is 0.326 e. The van der Waals surface area contributed by atoms with Gasteiger partial charge < -0.3 is 5.73 Å². The maximum atomic E-state index is 13.2. The molecule has 4 nitrogen and oxygen atoms in total. The molecule has 1 aromatic carbocycles. The number of hydrogen-bond donors (Lipinski definition) is 2. The summed E-state index contributed by atoms with van der Waals surface area (Å²) in [6.45, 7) is 2.13. The average Bonchev–Trinajstić information content (AvgIpc) is 2.63. The summed E-state index contributed by atoms with van der Waals surface area (Å²) in [5.74, 6) is 0.440. The Bertz CT molecular complexity index is 497. The van der Waals surface area contributed by atoms with Gasteiger partial charge in [-0.3, -0.25) is 5.10 Å². The summed E-state index contributed by atoms with van der Waals surface area (Å²) in [7, 11) is 0. The number of benzene rings is 1. The van der Waals surface area contributed by atoms with Gasteiger partial charge in [0.1, 0.15) is 11.6 Å². The minimum Gasteiger partial charge on any atom is -0.326 e. The van der Waals surface area contributed by atoms with E-state index in [0.29, 0.717) is 11.7 Å². The summed E-state index contributed by atoms with van der Waals surface area (Å²) in [6, 6.07) is 4.70. The predicted octanol–water partition coefficient (Wildman–Crippen LogP) is 1.86. The van der Waals surface area contributed by atoms with Gasteiger partial charge in [-0.25, -0.2) is 9.37 Å². The average molecular weight is 238 g/mol. The van der Waals surface area contributed by atoms with Gasteiger partial charge in [0.2, 0.25) is 5.16 Å². The molecule has 1 heterocycles. The molecule has 2 aromatic rings. The van der Waals surface area contributed by atoms with Crippen molar-refractivity contribution < 1.29 is 4.39 Å². The summed E-state index contributed by atoms with van der Waals surface area (Å²) in [4.78, 5) is 4.88. The molecule has 2 rings (SSSR count). The number of nitrogens with one attached hydrogen (secondary N) is 1. The number of aromatic nitrogens is 3. The lowest BCUT2D eigenvalue weighted by Gasteiger charge is -2.01. The zero-order chi connectivity index (χ0) is 11.5. The van der Waals surface area contributed by atoms with Gasteiger partial charge in [-0.1, -0.05) is 0 Å². The van der Waals surface area contributed by atoms with E-state index in [1.165, 1.54) is 23.9 Å². The highest BCUT2D eigenvalue weighted by molar-refractivity contribution is 7.99. The summed E-state index contributed by atoms with van der Waals surface area (Å²) >= 11 is 1.30. The van der Waals surface area contributed by atoms with Crippen LogP contribution in [-0.2, 0) is 6.54 Å². The Labute approximate surface area is 96.5 Å². The molecule has 0 aliphatic carbocycles. The SMILES string of the molecule is Cc1nc(Sc2cc(F)cc(CN)c2)n[nH]1. The molecular weight excluding hydrogens is 227 g/mol. The third kappa shape index (κ3) is 2.59. The molecule has 0 saturated heterocycles. The molecule has 0 aliphatic rings. The first-order valence-corrected chi connectivity index (χ1v) is 5.55. The maximum Gasteiger partial charge on any atom is 0.213 e. The predicted molar refractivity (Wildman–Crippen MR) is 59.5 cm³/mol. The van der Waals surface area contributed by atoms with E-state index in [-0.39, 0.29) is 5.82 Å². The van der Waals surface area contributed by atoms with E-state index < -0.39 is 0 Å². The van der Waals surface area contributed by atoms with E-state index in [2.05, 4.69) is 15.2 Å². The Kier molecular flexibility index (Phi) is 3.21. The first-order valence-electron chi connectivity index (χ1n) is 4.74. The number of H-pyrrole nitrogens is 1. The van der Waals surface area contributed by atoms with Gasteiger partial charge >= 0.3 is 0 Å². The molecule has 0 spiro atoms. The van der Waals surface area contributed by atoms with Crippen molar-refractivity contribution >= 4 is 11.8 Å². The quantitative estimate of drug-likeness (QED) is 0.856. The van der Waals surface area contributed by atoms with Crippen LogP contribution in [0.3, 0.4) is 0 Å². The minimum atomic E-state index is -0.294. The monoisotopic (exact) mass is 238 g/mol. The molecule has 6 heteroatoms. The Balaban J connectivity index is 2.24. The Morgan fingerprint density at radius 1 is 1.44 bits per heavy atom. The van der Waals surface area contributed by atoms with Crippen LogP contribution in [0.15, 0.2) is 28.3 Å². The van der Waals surface area contributed by atoms with E-state index in [9.17, 15) is 4.39 Å². The highest BCUT2D eigenvalue weighted by atomic mass is 32.2. The summed E-state index contributed by atoms with van der Waals surface area (Å²) in [6.07, 6.45) is 0. The second-order valence-corrected chi connectivity index (χ2v) is 4.35. The van der Waals surface area contributed by atoms with Crippen LogP contribution in [0.4, 0.5) is 4.39 Å². The lowest BCUT2D eigenvalue weighted by molar-refractivity contribution is 0.621.